The summed E-state index contributed by atoms with van der Waals surface area (Å²) in [5.41, 5.74) is 0.555. The molecule has 170 valence electrons. The smallest absolute Gasteiger partial charge is 0.328 e. The normalized spacial score (nSPS) is 11.3. The van der Waals surface area contributed by atoms with E-state index in [1.807, 2.05) is 0 Å². The Hall–Kier alpha value is -4.32. The molecular formula is C20H17ClN6O6. The van der Waals surface area contributed by atoms with Gasteiger partial charge < -0.3 is 15.4 Å². The first kappa shape index (κ1) is 23.3. The van der Waals surface area contributed by atoms with E-state index in [0.29, 0.717) is 16.4 Å². The molecule has 0 fully saturated rings. The van der Waals surface area contributed by atoms with Crippen LogP contribution in [0.15, 0.2) is 55.1 Å². The van der Waals surface area contributed by atoms with Crippen LogP contribution in [0.2, 0.25) is 5.02 Å². The second-order valence-electron chi connectivity index (χ2n) is 6.66. The number of carbonyl (C=O) groups excluding carboxylic acids is 3. The largest absolute Gasteiger partial charge is 0.454 e. The molecular weight excluding hydrogens is 456 g/mol. The molecule has 0 aliphatic heterocycles. The number of carbonyl (C=O) groups is 3. The highest BCUT2D eigenvalue weighted by Gasteiger charge is 2.20. The minimum absolute atomic E-state index is 0.00295. The molecule has 1 heterocycles. The fraction of sp³-hybridized carbons (Fsp3) is 0.150. The molecule has 0 spiro atoms. The van der Waals surface area contributed by atoms with Crippen LogP contribution >= 0.6 is 11.6 Å². The molecule has 2 N–H and O–H groups in total. The number of aromatic nitrogens is 3. The first-order valence-corrected chi connectivity index (χ1v) is 9.78. The van der Waals surface area contributed by atoms with E-state index in [1.54, 1.807) is 12.1 Å². The van der Waals surface area contributed by atoms with E-state index in [2.05, 4.69) is 20.7 Å². The summed E-state index contributed by atoms with van der Waals surface area (Å²) < 4.78 is 6.38. The number of esters is 1. The van der Waals surface area contributed by atoms with Gasteiger partial charge >= 0.3 is 5.97 Å². The maximum Gasteiger partial charge on any atom is 0.328 e. The standard InChI is InChI=1S/C20H17ClN6O6/c1-12(24-19(29)13-3-2-4-15(7-13)27(31)32)20(30)33-9-18(28)25-16-8-14(21)5-6-17(16)26-11-22-10-23-26/h2-8,10-12H,9H2,1H3,(H,24,29)(H,25,28)/t12-/m0/s1. The minimum atomic E-state index is -1.11. The number of anilines is 1. The summed E-state index contributed by atoms with van der Waals surface area (Å²) in [6, 6.07) is 8.67. The van der Waals surface area contributed by atoms with Crippen molar-refractivity contribution in [3.05, 3.63) is 75.8 Å². The van der Waals surface area contributed by atoms with E-state index in [4.69, 9.17) is 16.3 Å². The fourth-order valence-corrected chi connectivity index (χ4v) is 2.86. The molecule has 1 aromatic heterocycles. The summed E-state index contributed by atoms with van der Waals surface area (Å²) in [6.45, 7) is 0.731. The van der Waals surface area contributed by atoms with Crippen LogP contribution in [0.4, 0.5) is 11.4 Å². The summed E-state index contributed by atoms with van der Waals surface area (Å²) in [5, 5.41) is 20.1. The molecule has 2 amide bonds. The molecule has 12 nitrogen and oxygen atoms in total. The van der Waals surface area contributed by atoms with Crippen LogP contribution in [0.5, 0.6) is 0 Å². The lowest BCUT2D eigenvalue weighted by Crippen LogP contribution is -2.40. The number of halogens is 1. The van der Waals surface area contributed by atoms with Crippen LogP contribution in [-0.2, 0) is 14.3 Å². The van der Waals surface area contributed by atoms with E-state index in [9.17, 15) is 24.5 Å². The summed E-state index contributed by atoms with van der Waals surface area (Å²) in [4.78, 5) is 50.8. The first-order chi connectivity index (χ1) is 15.7. The van der Waals surface area contributed by atoms with Gasteiger partial charge in [0.25, 0.3) is 17.5 Å². The average Bonchev–Trinajstić information content (AvgIpc) is 3.32. The number of nitro groups is 1. The quantitative estimate of drug-likeness (QED) is 0.286. The van der Waals surface area contributed by atoms with Gasteiger partial charge in [0.1, 0.15) is 18.7 Å². The number of non-ortho nitro benzene ring substituents is 1. The lowest BCUT2D eigenvalue weighted by atomic mass is 10.2. The van der Waals surface area contributed by atoms with Crippen molar-refractivity contribution in [2.45, 2.75) is 13.0 Å². The Kier molecular flexibility index (Phi) is 7.31. The molecule has 0 unspecified atom stereocenters. The number of ether oxygens (including phenoxy) is 1. The van der Waals surface area contributed by atoms with E-state index in [1.165, 1.54) is 48.5 Å². The second-order valence-corrected chi connectivity index (χ2v) is 7.10. The summed E-state index contributed by atoms with van der Waals surface area (Å²) in [6.07, 6.45) is 2.76. The third-order valence-electron chi connectivity index (χ3n) is 4.26. The molecule has 1 atom stereocenters. The Bertz CT molecular complexity index is 1200. The zero-order chi connectivity index (χ0) is 24.0. The Morgan fingerprint density at radius 1 is 1.24 bits per heavy atom. The molecule has 0 bridgehead atoms. The number of benzene rings is 2. The monoisotopic (exact) mass is 472 g/mol. The number of nitro benzene ring substituents is 1. The van der Waals surface area contributed by atoms with Crippen molar-refractivity contribution in [1.82, 2.24) is 20.1 Å². The van der Waals surface area contributed by atoms with Crippen molar-refractivity contribution in [1.29, 1.82) is 0 Å². The number of nitrogens with zero attached hydrogens (tertiary/aromatic N) is 4. The number of rotatable bonds is 8. The van der Waals surface area contributed by atoms with Gasteiger partial charge in [-0.2, -0.15) is 5.10 Å². The maximum absolute atomic E-state index is 12.3. The second kappa shape index (κ2) is 10.3. The van der Waals surface area contributed by atoms with Crippen molar-refractivity contribution in [3.8, 4) is 5.69 Å². The third kappa shape index (κ3) is 6.11. The summed E-state index contributed by atoms with van der Waals surface area (Å²) in [5.74, 6) is -2.22. The number of hydrogen-bond acceptors (Lipinski definition) is 8. The zero-order valence-corrected chi connectivity index (χ0v) is 17.9. The maximum atomic E-state index is 12.3. The van der Waals surface area contributed by atoms with Gasteiger partial charge in [0, 0.05) is 22.7 Å². The average molecular weight is 473 g/mol. The molecule has 0 saturated heterocycles. The SMILES string of the molecule is C[C@H](NC(=O)c1cccc([N+](=O)[O-])c1)C(=O)OCC(=O)Nc1cc(Cl)ccc1-n1cncn1. The summed E-state index contributed by atoms with van der Waals surface area (Å²) >= 11 is 6.00. The van der Waals surface area contributed by atoms with Crippen LogP contribution in [0.3, 0.4) is 0 Å². The highest BCUT2D eigenvalue weighted by Crippen LogP contribution is 2.23. The molecule has 0 aliphatic rings. The van der Waals surface area contributed by atoms with E-state index in [-0.39, 0.29) is 11.3 Å². The van der Waals surface area contributed by atoms with Gasteiger partial charge in [0.2, 0.25) is 0 Å². The predicted octanol–water partition coefficient (Wildman–Crippen LogP) is 2.13. The van der Waals surface area contributed by atoms with Gasteiger partial charge in [0.05, 0.1) is 16.3 Å². The van der Waals surface area contributed by atoms with Gasteiger partial charge in [0.15, 0.2) is 6.61 Å². The van der Waals surface area contributed by atoms with E-state index in [0.717, 1.165) is 6.07 Å². The molecule has 0 aliphatic carbocycles. The minimum Gasteiger partial charge on any atom is -0.454 e. The Morgan fingerprint density at radius 3 is 2.73 bits per heavy atom. The number of nitrogens with one attached hydrogen (secondary N) is 2. The predicted molar refractivity (Wildman–Crippen MR) is 116 cm³/mol. The molecule has 2 aromatic carbocycles. The van der Waals surface area contributed by atoms with E-state index < -0.39 is 35.4 Å². The van der Waals surface area contributed by atoms with Gasteiger partial charge in [-0.25, -0.2) is 14.5 Å². The van der Waals surface area contributed by atoms with Crippen LogP contribution < -0.4 is 10.6 Å². The van der Waals surface area contributed by atoms with Gasteiger partial charge in [-0.3, -0.25) is 19.7 Å². The highest BCUT2D eigenvalue weighted by molar-refractivity contribution is 6.31. The lowest BCUT2D eigenvalue weighted by molar-refractivity contribution is -0.384. The lowest BCUT2D eigenvalue weighted by Gasteiger charge is -2.14. The molecule has 0 radical (unpaired) electrons. The molecule has 13 heteroatoms. The molecule has 33 heavy (non-hydrogen) atoms. The molecule has 3 rings (SSSR count). The fourth-order valence-electron chi connectivity index (χ4n) is 2.69. The van der Waals surface area contributed by atoms with Crippen molar-refractivity contribution >= 4 is 40.8 Å². The molecule has 0 saturated carbocycles. The van der Waals surface area contributed by atoms with Crippen molar-refractivity contribution in [2.75, 3.05) is 11.9 Å². The Labute approximate surface area is 191 Å². The third-order valence-corrected chi connectivity index (χ3v) is 4.50. The molecule has 3 aromatic rings. The zero-order valence-electron chi connectivity index (χ0n) is 17.1. The Balaban J connectivity index is 1.56. The summed E-state index contributed by atoms with van der Waals surface area (Å²) in [7, 11) is 0. The van der Waals surface area contributed by atoms with Crippen LogP contribution in [-0.4, -0.2) is 50.1 Å². The van der Waals surface area contributed by atoms with Crippen LogP contribution in [0.1, 0.15) is 17.3 Å². The van der Waals surface area contributed by atoms with E-state index >= 15 is 0 Å². The number of amides is 2. The van der Waals surface area contributed by atoms with Gasteiger partial charge in [-0.05, 0) is 31.2 Å². The number of hydrogen-bond donors (Lipinski definition) is 2. The van der Waals surface area contributed by atoms with Crippen molar-refractivity contribution in [2.24, 2.45) is 0 Å². The van der Waals surface area contributed by atoms with Crippen LogP contribution in [0, 0.1) is 10.1 Å². The van der Waals surface area contributed by atoms with Gasteiger partial charge in [-0.1, -0.05) is 17.7 Å². The van der Waals surface area contributed by atoms with Crippen molar-refractivity contribution in [3.63, 3.8) is 0 Å². The van der Waals surface area contributed by atoms with Gasteiger partial charge in [-0.15, -0.1) is 0 Å². The van der Waals surface area contributed by atoms with Crippen LogP contribution in [0.25, 0.3) is 5.69 Å². The van der Waals surface area contributed by atoms with Crippen molar-refractivity contribution < 1.29 is 24.0 Å². The first-order valence-electron chi connectivity index (χ1n) is 9.41. The topological polar surface area (TPSA) is 158 Å². The Morgan fingerprint density at radius 2 is 2.03 bits per heavy atom. The highest BCUT2D eigenvalue weighted by atomic mass is 35.5.